The van der Waals surface area contributed by atoms with Crippen LogP contribution in [0.25, 0.3) is 0 Å². The van der Waals surface area contributed by atoms with Gasteiger partial charge in [-0.1, -0.05) is 34.4 Å². The number of urea groups is 1. The summed E-state index contributed by atoms with van der Waals surface area (Å²) in [6, 6.07) is 5.89. The fourth-order valence-electron chi connectivity index (χ4n) is 3.37. The largest absolute Gasteiger partial charge is 0.360 e. The first-order valence-electron chi connectivity index (χ1n) is 8.85. The minimum absolute atomic E-state index is 0.117. The Kier molecular flexibility index (Phi) is 4.81. The molecule has 146 valence electrons. The van der Waals surface area contributed by atoms with Crippen LogP contribution < -0.4 is 10.6 Å². The molecule has 3 amide bonds. The summed E-state index contributed by atoms with van der Waals surface area (Å²) in [7, 11) is 0. The maximum Gasteiger partial charge on any atom is 0.322 e. The van der Waals surface area contributed by atoms with Crippen LogP contribution >= 0.6 is 23.2 Å². The van der Waals surface area contributed by atoms with Crippen LogP contribution in [-0.2, 0) is 4.79 Å². The number of nitrogens with one attached hydrogen (secondary N) is 2. The van der Waals surface area contributed by atoms with Gasteiger partial charge in [0, 0.05) is 17.8 Å². The van der Waals surface area contributed by atoms with Crippen LogP contribution in [0.2, 0.25) is 10.0 Å². The third kappa shape index (κ3) is 3.47. The molecule has 0 unspecified atom stereocenters. The van der Waals surface area contributed by atoms with Gasteiger partial charge in [0.1, 0.15) is 5.76 Å². The van der Waals surface area contributed by atoms with Crippen molar-refractivity contribution < 1.29 is 14.1 Å². The average molecular weight is 421 g/mol. The molecule has 1 saturated carbocycles. The number of aryl methyl sites for hydroxylation is 1. The molecule has 0 radical (unpaired) electrons. The van der Waals surface area contributed by atoms with Crippen molar-refractivity contribution in [1.82, 2.24) is 15.4 Å². The molecule has 1 atom stereocenters. The van der Waals surface area contributed by atoms with E-state index >= 15 is 0 Å². The fraction of sp³-hybridized carbons (Fsp3) is 0.316. The minimum atomic E-state index is -0.662. The number of hydrogen-bond donors (Lipinski definition) is 2. The number of carbonyl (C=O) groups excluding carboxylic acids is 2. The summed E-state index contributed by atoms with van der Waals surface area (Å²) < 4.78 is 5.01. The Hall–Kier alpha value is -2.51. The molecule has 1 fully saturated rings. The first-order valence-corrected chi connectivity index (χ1v) is 9.61. The van der Waals surface area contributed by atoms with E-state index in [0.717, 1.165) is 12.8 Å². The second-order valence-electron chi connectivity index (χ2n) is 6.93. The molecule has 2 aliphatic rings. The number of amides is 3. The summed E-state index contributed by atoms with van der Waals surface area (Å²) in [5, 5.41) is 10.2. The van der Waals surface area contributed by atoms with E-state index in [0.29, 0.717) is 38.5 Å². The predicted molar refractivity (Wildman–Crippen MR) is 105 cm³/mol. The van der Waals surface area contributed by atoms with Gasteiger partial charge in [-0.05, 0) is 44.4 Å². The number of aromatic nitrogens is 1. The molecule has 1 aliphatic carbocycles. The van der Waals surface area contributed by atoms with E-state index < -0.39 is 6.04 Å². The molecule has 9 heteroatoms. The van der Waals surface area contributed by atoms with Gasteiger partial charge < -0.3 is 15.2 Å². The normalized spacial score (nSPS) is 19.6. The maximum absolute atomic E-state index is 13.1. The van der Waals surface area contributed by atoms with Crippen molar-refractivity contribution in [1.29, 1.82) is 0 Å². The van der Waals surface area contributed by atoms with Gasteiger partial charge in [0.05, 0.1) is 21.7 Å². The molecule has 0 bridgehead atoms. The van der Waals surface area contributed by atoms with Gasteiger partial charge in [-0.25, -0.2) is 4.79 Å². The number of nitrogens with zero attached hydrogens (tertiary/aromatic N) is 2. The molecule has 28 heavy (non-hydrogen) atoms. The minimum Gasteiger partial charge on any atom is -0.360 e. The smallest absolute Gasteiger partial charge is 0.322 e. The molecule has 1 aromatic heterocycles. The molecule has 2 N–H and O–H groups in total. The summed E-state index contributed by atoms with van der Waals surface area (Å²) in [5.41, 5.74) is 1.70. The van der Waals surface area contributed by atoms with Crippen LogP contribution in [0.4, 0.5) is 10.6 Å². The number of rotatable bonds is 4. The number of halogens is 2. The Labute approximate surface area is 171 Å². The van der Waals surface area contributed by atoms with Gasteiger partial charge >= 0.3 is 6.03 Å². The van der Waals surface area contributed by atoms with Crippen molar-refractivity contribution in [3.63, 3.8) is 0 Å². The Morgan fingerprint density at radius 3 is 2.61 bits per heavy atom. The second-order valence-corrected chi connectivity index (χ2v) is 7.75. The summed E-state index contributed by atoms with van der Waals surface area (Å²) >= 11 is 12.2. The molecule has 0 saturated heterocycles. The summed E-state index contributed by atoms with van der Waals surface area (Å²) in [5.74, 6) is 0.525. The van der Waals surface area contributed by atoms with Crippen LogP contribution in [-0.4, -0.2) is 28.0 Å². The van der Waals surface area contributed by atoms with Crippen LogP contribution in [0, 0.1) is 6.92 Å². The molecule has 7 nitrogen and oxygen atoms in total. The molecule has 2 aromatic rings. The van der Waals surface area contributed by atoms with Gasteiger partial charge in [-0.3, -0.25) is 9.69 Å². The van der Waals surface area contributed by atoms with E-state index in [4.69, 9.17) is 27.7 Å². The number of carbonyl (C=O) groups is 2. The van der Waals surface area contributed by atoms with Gasteiger partial charge in [0.2, 0.25) is 0 Å². The predicted octanol–water partition coefficient (Wildman–Crippen LogP) is 4.43. The first kappa shape index (κ1) is 18.8. The summed E-state index contributed by atoms with van der Waals surface area (Å²) in [6.45, 7) is 3.52. The highest BCUT2D eigenvalue weighted by molar-refractivity contribution is 6.42. The third-order valence-electron chi connectivity index (χ3n) is 4.83. The molecule has 4 rings (SSSR count). The highest BCUT2D eigenvalue weighted by atomic mass is 35.5. The Morgan fingerprint density at radius 2 is 2.00 bits per heavy atom. The zero-order valence-electron chi connectivity index (χ0n) is 15.3. The van der Waals surface area contributed by atoms with Crippen LogP contribution in [0.1, 0.15) is 37.1 Å². The molecule has 0 spiro atoms. The van der Waals surface area contributed by atoms with Crippen molar-refractivity contribution >= 4 is 41.0 Å². The van der Waals surface area contributed by atoms with Crippen molar-refractivity contribution in [3.8, 4) is 0 Å². The van der Waals surface area contributed by atoms with E-state index in [1.54, 1.807) is 43.0 Å². The molecule has 1 aromatic carbocycles. The van der Waals surface area contributed by atoms with Crippen molar-refractivity contribution in [2.45, 2.75) is 38.8 Å². The second kappa shape index (κ2) is 7.14. The first-order chi connectivity index (χ1) is 13.3. The van der Waals surface area contributed by atoms with E-state index in [-0.39, 0.29) is 18.0 Å². The van der Waals surface area contributed by atoms with Gasteiger partial charge in [0.15, 0.2) is 5.82 Å². The van der Waals surface area contributed by atoms with Crippen LogP contribution in [0.15, 0.2) is 40.1 Å². The van der Waals surface area contributed by atoms with E-state index in [1.807, 2.05) is 0 Å². The van der Waals surface area contributed by atoms with Crippen molar-refractivity contribution in [3.05, 3.63) is 56.9 Å². The average Bonchev–Trinajstić information content (AvgIpc) is 3.38. The molecular weight excluding hydrogens is 403 g/mol. The maximum atomic E-state index is 13.1. The Balaban J connectivity index is 1.75. The van der Waals surface area contributed by atoms with Gasteiger partial charge in [-0.15, -0.1) is 0 Å². The Morgan fingerprint density at radius 1 is 1.25 bits per heavy atom. The van der Waals surface area contributed by atoms with Crippen molar-refractivity contribution in [2.75, 3.05) is 5.32 Å². The highest BCUT2D eigenvalue weighted by Crippen LogP contribution is 2.38. The lowest BCUT2D eigenvalue weighted by Gasteiger charge is -2.36. The van der Waals surface area contributed by atoms with E-state index in [2.05, 4.69) is 15.8 Å². The lowest BCUT2D eigenvalue weighted by molar-refractivity contribution is -0.113. The van der Waals surface area contributed by atoms with Crippen LogP contribution in [0.3, 0.4) is 0 Å². The lowest BCUT2D eigenvalue weighted by Crippen LogP contribution is -2.49. The monoisotopic (exact) mass is 420 g/mol. The topological polar surface area (TPSA) is 87.5 Å². The number of allylic oxidation sites excluding steroid dienone is 1. The molecule has 2 heterocycles. The molecular formula is C19H18Cl2N4O3. The standard InChI is InChI=1S/C19H18Cl2N4O3/c1-9-7-15(24-28-9)22-18(26)16-10(2)25(12-4-5-12)19(27)23-17(16)11-3-6-13(20)14(21)8-11/h3,6-8,12,17H,4-5H2,1-2H3,(H,23,27)(H,22,24,26)/t17-/m0/s1. The zero-order chi connectivity index (χ0) is 20.0. The molecule has 1 aliphatic heterocycles. The Bertz CT molecular complexity index is 997. The third-order valence-corrected chi connectivity index (χ3v) is 5.57. The van der Waals surface area contributed by atoms with Crippen LogP contribution in [0.5, 0.6) is 0 Å². The zero-order valence-corrected chi connectivity index (χ0v) is 16.8. The summed E-state index contributed by atoms with van der Waals surface area (Å²) in [4.78, 5) is 27.5. The number of anilines is 1. The van der Waals surface area contributed by atoms with Gasteiger partial charge in [0.25, 0.3) is 5.91 Å². The van der Waals surface area contributed by atoms with E-state index in [9.17, 15) is 9.59 Å². The van der Waals surface area contributed by atoms with E-state index in [1.165, 1.54) is 0 Å². The highest BCUT2D eigenvalue weighted by Gasteiger charge is 2.42. The lowest BCUT2D eigenvalue weighted by atomic mass is 9.94. The quantitative estimate of drug-likeness (QED) is 0.765. The summed E-state index contributed by atoms with van der Waals surface area (Å²) in [6.07, 6.45) is 1.83. The number of benzene rings is 1. The van der Waals surface area contributed by atoms with Crippen molar-refractivity contribution in [2.24, 2.45) is 0 Å². The fourth-order valence-corrected chi connectivity index (χ4v) is 3.68. The number of hydrogen-bond acceptors (Lipinski definition) is 4. The SMILES string of the molecule is CC1=C(C(=O)Nc2cc(C)on2)[C@H](c2ccc(Cl)c(Cl)c2)NC(=O)N1C1CC1. The van der Waals surface area contributed by atoms with Gasteiger partial charge in [-0.2, -0.15) is 0 Å².